The largest absolute Gasteiger partial charge is 0.433 e. The van der Waals surface area contributed by atoms with Gasteiger partial charge in [-0.25, -0.2) is 9.97 Å². The summed E-state index contributed by atoms with van der Waals surface area (Å²) in [5, 5.41) is 3.16. The lowest BCUT2D eigenvalue weighted by Gasteiger charge is -2.52. The third kappa shape index (κ3) is 4.14. The topological polar surface area (TPSA) is 41.0 Å². The molecular formula is C21H25F3N4. The molecule has 1 aliphatic carbocycles. The highest BCUT2D eigenvalue weighted by atomic mass is 19.4. The monoisotopic (exact) mass is 390 g/mol. The molecule has 0 amide bonds. The number of nitrogens with one attached hydrogen (secondary N) is 1. The number of hydrogen-bond donors (Lipinski definition) is 1. The first kappa shape index (κ1) is 19.2. The fourth-order valence-electron chi connectivity index (χ4n) is 4.51. The first-order valence-corrected chi connectivity index (χ1v) is 9.76. The summed E-state index contributed by atoms with van der Waals surface area (Å²) in [6.45, 7) is 5.30. The number of anilines is 1. The van der Waals surface area contributed by atoms with Crippen LogP contribution in [0.15, 0.2) is 36.7 Å². The van der Waals surface area contributed by atoms with Crippen molar-refractivity contribution < 1.29 is 13.2 Å². The molecule has 2 aromatic rings. The number of aryl methyl sites for hydroxylation is 1. The van der Waals surface area contributed by atoms with E-state index in [-0.39, 0.29) is 11.9 Å². The normalized spacial score (nSPS) is 20.1. The van der Waals surface area contributed by atoms with Gasteiger partial charge in [0.1, 0.15) is 17.8 Å². The van der Waals surface area contributed by atoms with E-state index in [4.69, 9.17) is 0 Å². The van der Waals surface area contributed by atoms with E-state index < -0.39 is 11.9 Å². The zero-order valence-corrected chi connectivity index (χ0v) is 16.0. The Labute approximate surface area is 163 Å². The number of halogens is 3. The second kappa shape index (κ2) is 7.35. The van der Waals surface area contributed by atoms with Crippen molar-refractivity contribution in [3.8, 4) is 0 Å². The lowest BCUT2D eigenvalue weighted by atomic mass is 9.60. The van der Waals surface area contributed by atoms with Gasteiger partial charge in [-0.2, -0.15) is 13.2 Å². The number of hydrogen-bond acceptors (Lipinski definition) is 4. The Hall–Kier alpha value is -2.15. The van der Waals surface area contributed by atoms with Crippen molar-refractivity contribution in [3.05, 3.63) is 53.5 Å². The van der Waals surface area contributed by atoms with Gasteiger partial charge in [-0.05, 0) is 62.2 Å². The molecule has 2 fully saturated rings. The van der Waals surface area contributed by atoms with Gasteiger partial charge in [0.2, 0.25) is 0 Å². The van der Waals surface area contributed by atoms with Crippen molar-refractivity contribution in [1.82, 2.24) is 14.9 Å². The molecule has 0 radical (unpaired) electrons. The molecule has 1 aromatic heterocycles. The third-order valence-corrected chi connectivity index (χ3v) is 6.24. The minimum absolute atomic E-state index is 0.193. The van der Waals surface area contributed by atoms with Crippen molar-refractivity contribution >= 4 is 5.82 Å². The Balaban J connectivity index is 1.27. The molecule has 1 N–H and O–H groups in total. The molecule has 0 atom stereocenters. The van der Waals surface area contributed by atoms with Crippen LogP contribution >= 0.6 is 0 Å². The average molecular weight is 390 g/mol. The Bertz CT molecular complexity index is 820. The van der Waals surface area contributed by atoms with E-state index in [1.54, 1.807) is 0 Å². The summed E-state index contributed by atoms with van der Waals surface area (Å²) < 4.78 is 38.3. The maximum atomic E-state index is 12.8. The highest BCUT2D eigenvalue weighted by molar-refractivity contribution is 5.38. The van der Waals surface area contributed by atoms with E-state index >= 15 is 0 Å². The molecule has 1 aromatic carbocycles. The molecule has 7 heteroatoms. The van der Waals surface area contributed by atoms with Crippen molar-refractivity contribution in [2.75, 3.05) is 18.4 Å². The van der Waals surface area contributed by atoms with Crippen molar-refractivity contribution in [3.63, 3.8) is 0 Å². The Morgan fingerprint density at radius 2 is 1.86 bits per heavy atom. The number of nitrogens with zero attached hydrogens (tertiary/aromatic N) is 3. The first-order chi connectivity index (χ1) is 13.3. The van der Waals surface area contributed by atoms with Crippen LogP contribution in [-0.2, 0) is 12.7 Å². The van der Waals surface area contributed by atoms with Gasteiger partial charge in [0.25, 0.3) is 0 Å². The van der Waals surface area contributed by atoms with E-state index in [1.807, 2.05) is 0 Å². The Morgan fingerprint density at radius 1 is 1.14 bits per heavy atom. The summed E-state index contributed by atoms with van der Waals surface area (Å²) in [7, 11) is 0. The molecule has 1 saturated heterocycles. The SMILES string of the molecule is Cc1ccccc1CN1CCC2(CC1)CC(Nc1cc(C(F)(F)F)ncn1)C2. The van der Waals surface area contributed by atoms with Gasteiger partial charge in [0.05, 0.1) is 0 Å². The number of aromatic nitrogens is 2. The van der Waals surface area contributed by atoms with Crippen LogP contribution in [0.4, 0.5) is 19.0 Å². The van der Waals surface area contributed by atoms with E-state index in [0.717, 1.165) is 57.7 Å². The molecule has 2 heterocycles. The number of piperidine rings is 1. The number of rotatable bonds is 4. The maximum absolute atomic E-state index is 12.8. The summed E-state index contributed by atoms with van der Waals surface area (Å²) in [5.41, 5.74) is 2.15. The highest BCUT2D eigenvalue weighted by Gasteiger charge is 2.46. The van der Waals surface area contributed by atoms with Gasteiger partial charge in [0.15, 0.2) is 0 Å². The van der Waals surface area contributed by atoms with Crippen molar-refractivity contribution in [1.29, 1.82) is 0 Å². The molecule has 150 valence electrons. The number of likely N-dealkylation sites (tertiary alicyclic amines) is 1. The summed E-state index contributed by atoms with van der Waals surface area (Å²) in [4.78, 5) is 9.77. The molecule has 0 bridgehead atoms. The molecule has 2 aliphatic rings. The summed E-state index contributed by atoms with van der Waals surface area (Å²) in [6.07, 6.45) is 0.824. The summed E-state index contributed by atoms with van der Waals surface area (Å²) in [6, 6.07) is 9.70. The van der Waals surface area contributed by atoms with Gasteiger partial charge in [0, 0.05) is 18.7 Å². The van der Waals surface area contributed by atoms with Crippen LogP contribution in [0, 0.1) is 12.3 Å². The van der Waals surface area contributed by atoms with Crippen LogP contribution in [0.3, 0.4) is 0 Å². The molecule has 4 nitrogen and oxygen atoms in total. The van der Waals surface area contributed by atoms with E-state index in [2.05, 4.69) is 51.4 Å². The smallest absolute Gasteiger partial charge is 0.367 e. The van der Waals surface area contributed by atoms with Gasteiger partial charge in [-0.3, -0.25) is 4.90 Å². The lowest BCUT2D eigenvalue weighted by molar-refractivity contribution is -0.141. The van der Waals surface area contributed by atoms with Crippen molar-refractivity contribution in [2.45, 2.75) is 51.4 Å². The molecular weight excluding hydrogens is 365 g/mol. The molecule has 1 spiro atoms. The average Bonchev–Trinajstić information content (AvgIpc) is 2.63. The molecule has 0 unspecified atom stereocenters. The van der Waals surface area contributed by atoms with Gasteiger partial charge < -0.3 is 5.32 Å². The second-order valence-corrected chi connectivity index (χ2v) is 8.24. The lowest BCUT2D eigenvalue weighted by Crippen LogP contribution is -2.51. The Morgan fingerprint density at radius 3 is 2.54 bits per heavy atom. The zero-order valence-electron chi connectivity index (χ0n) is 16.0. The fourth-order valence-corrected chi connectivity index (χ4v) is 4.51. The van der Waals surface area contributed by atoms with Gasteiger partial charge in [-0.1, -0.05) is 24.3 Å². The van der Waals surface area contributed by atoms with Crippen LogP contribution in [0.5, 0.6) is 0 Å². The quantitative estimate of drug-likeness (QED) is 0.824. The molecule has 28 heavy (non-hydrogen) atoms. The number of benzene rings is 1. The maximum Gasteiger partial charge on any atom is 0.433 e. The van der Waals surface area contributed by atoms with Crippen LogP contribution < -0.4 is 5.32 Å². The first-order valence-electron chi connectivity index (χ1n) is 9.76. The predicted octanol–water partition coefficient (Wildman–Crippen LogP) is 4.66. The predicted molar refractivity (Wildman–Crippen MR) is 102 cm³/mol. The minimum Gasteiger partial charge on any atom is -0.367 e. The minimum atomic E-state index is -4.44. The molecule has 1 aliphatic heterocycles. The van der Waals surface area contributed by atoms with E-state index in [1.165, 1.54) is 11.1 Å². The molecule has 4 rings (SSSR count). The molecule has 1 saturated carbocycles. The summed E-state index contributed by atoms with van der Waals surface area (Å²) >= 11 is 0. The zero-order chi connectivity index (χ0) is 19.8. The standard InChI is InChI=1S/C21H25F3N4/c1-15-4-2-3-5-16(15)13-28-8-6-20(7-9-28)11-17(12-20)27-19-10-18(21(22,23)24)25-14-26-19/h2-5,10,14,17H,6-9,11-13H2,1H3,(H,25,26,27). The Kier molecular flexibility index (Phi) is 5.04. The van der Waals surface area contributed by atoms with E-state index in [9.17, 15) is 13.2 Å². The van der Waals surface area contributed by atoms with Crippen LogP contribution in [0.1, 0.15) is 42.5 Å². The highest BCUT2D eigenvalue weighted by Crippen LogP contribution is 2.50. The van der Waals surface area contributed by atoms with Crippen molar-refractivity contribution in [2.24, 2.45) is 5.41 Å². The van der Waals surface area contributed by atoms with Crippen LogP contribution in [0.25, 0.3) is 0 Å². The van der Waals surface area contributed by atoms with E-state index in [0.29, 0.717) is 5.41 Å². The van der Waals surface area contributed by atoms with Crippen LogP contribution in [-0.4, -0.2) is 34.0 Å². The number of alkyl halides is 3. The fraction of sp³-hybridized carbons (Fsp3) is 0.524. The van der Waals surface area contributed by atoms with Gasteiger partial charge >= 0.3 is 6.18 Å². The third-order valence-electron chi connectivity index (χ3n) is 6.24. The second-order valence-electron chi connectivity index (χ2n) is 8.24. The van der Waals surface area contributed by atoms with Crippen LogP contribution in [0.2, 0.25) is 0 Å². The summed E-state index contributed by atoms with van der Waals surface area (Å²) in [5.74, 6) is 0.263. The van der Waals surface area contributed by atoms with Gasteiger partial charge in [-0.15, -0.1) is 0 Å².